The van der Waals surface area contributed by atoms with E-state index >= 15 is 5.21 Å². The van der Waals surface area contributed by atoms with Gasteiger partial charge >= 0.3 is 5.97 Å². The molecule has 1 heterocycles. The predicted octanol–water partition coefficient (Wildman–Crippen LogP) is 1.18. The molecule has 236 valence electrons. The summed E-state index contributed by atoms with van der Waals surface area (Å²) in [7, 11) is 6.17. The monoisotopic (exact) mass is 601 g/mol. The fourth-order valence-corrected chi connectivity index (χ4v) is 12.0. The van der Waals surface area contributed by atoms with Crippen molar-refractivity contribution in [3.63, 3.8) is 0 Å². The maximum Gasteiger partial charge on any atom is 0.338 e. The molecule has 6 aliphatic rings. The number of ketones is 1. The predicted molar refractivity (Wildman–Crippen MR) is 150 cm³/mol. The van der Waals surface area contributed by atoms with E-state index in [2.05, 4.69) is 0 Å². The van der Waals surface area contributed by atoms with Gasteiger partial charge in [0.05, 0.1) is 54.4 Å². The number of piperidine rings is 1. The smallest absolute Gasteiger partial charge is 0.338 e. The second-order valence-corrected chi connectivity index (χ2v) is 13.9. The molecule has 7 rings (SSSR count). The minimum atomic E-state index is -1.80. The number of quaternary nitrogens is 1. The summed E-state index contributed by atoms with van der Waals surface area (Å²) in [6.45, 7) is 2.35. The van der Waals surface area contributed by atoms with Crippen LogP contribution in [0.4, 0.5) is 0 Å². The number of carbonyl (C=O) groups is 2. The number of benzene rings is 1. The van der Waals surface area contributed by atoms with Gasteiger partial charge < -0.3 is 43.8 Å². The molecule has 1 aromatic carbocycles. The van der Waals surface area contributed by atoms with E-state index < -0.39 is 93.2 Å². The number of hydroxylamine groups is 3. The molecular formula is C32H43NO10. The molecule has 1 aromatic rings. The largest absolute Gasteiger partial charge is 0.633 e. The number of hydrogen-bond donors (Lipinski definition) is 2. The van der Waals surface area contributed by atoms with Gasteiger partial charge in [0, 0.05) is 58.5 Å². The van der Waals surface area contributed by atoms with Gasteiger partial charge in [-0.2, -0.15) is 0 Å². The Kier molecular flexibility index (Phi) is 6.75. The Morgan fingerprint density at radius 3 is 2.42 bits per heavy atom. The van der Waals surface area contributed by atoms with Crippen LogP contribution in [0, 0.1) is 45.6 Å². The molecule has 2 unspecified atom stereocenters. The van der Waals surface area contributed by atoms with Gasteiger partial charge in [-0.05, 0) is 31.4 Å². The molecule has 2 N–H and O–H groups in total. The van der Waals surface area contributed by atoms with Crippen LogP contribution in [0.15, 0.2) is 30.3 Å². The molecule has 0 aromatic heterocycles. The number of rotatable bonds is 8. The first kappa shape index (κ1) is 29.7. The van der Waals surface area contributed by atoms with Crippen molar-refractivity contribution >= 4 is 11.8 Å². The van der Waals surface area contributed by atoms with Crippen molar-refractivity contribution in [3.8, 4) is 0 Å². The van der Waals surface area contributed by atoms with Crippen LogP contribution >= 0.6 is 0 Å². The van der Waals surface area contributed by atoms with E-state index in [1.807, 2.05) is 6.92 Å². The Hall–Kier alpha value is -1.96. The van der Waals surface area contributed by atoms with Crippen molar-refractivity contribution in [1.29, 1.82) is 0 Å². The van der Waals surface area contributed by atoms with E-state index in [-0.39, 0.29) is 38.3 Å². The SMILES string of the molecule is CC[N+]1([O-])C[C@]2(COC)C(O)C[C@H](OC)[C@@]34[C@@H]5C[C@@]6(O)[C@H](OC)C(=O)[C@H]([C@@H]([C@H](OC)[C@H]23)[C@H]41)[C@H]5[C@H]6OC(=O)c1ccccc1. The third-order valence-corrected chi connectivity index (χ3v) is 12.8. The molecule has 5 saturated carbocycles. The molecule has 5 aliphatic carbocycles. The highest BCUT2D eigenvalue weighted by Gasteiger charge is 2.90. The van der Waals surface area contributed by atoms with Gasteiger partial charge in [0.15, 0.2) is 5.78 Å². The summed E-state index contributed by atoms with van der Waals surface area (Å²) < 4.78 is 29.7. The highest BCUT2D eigenvalue weighted by atomic mass is 16.6. The Morgan fingerprint density at radius 2 is 1.81 bits per heavy atom. The fourth-order valence-electron chi connectivity index (χ4n) is 12.0. The molecule has 6 fully saturated rings. The van der Waals surface area contributed by atoms with Gasteiger partial charge in [0.1, 0.15) is 23.9 Å². The summed E-state index contributed by atoms with van der Waals surface area (Å²) in [5, 5.41) is 39.6. The number of nitrogens with zero attached hydrogens (tertiary/aromatic N) is 1. The quantitative estimate of drug-likeness (QED) is 0.253. The summed E-state index contributed by atoms with van der Waals surface area (Å²) in [4.78, 5) is 28.0. The molecule has 0 amide bonds. The first-order valence-corrected chi connectivity index (χ1v) is 15.4. The third-order valence-electron chi connectivity index (χ3n) is 12.8. The minimum absolute atomic E-state index is 0.0873. The zero-order valence-electron chi connectivity index (χ0n) is 25.4. The van der Waals surface area contributed by atoms with Gasteiger partial charge in [-0.25, -0.2) is 4.79 Å². The second kappa shape index (κ2) is 9.77. The summed E-state index contributed by atoms with van der Waals surface area (Å²) in [5.74, 6) is -3.63. The van der Waals surface area contributed by atoms with E-state index in [0.29, 0.717) is 5.56 Å². The van der Waals surface area contributed by atoms with Gasteiger partial charge in [0.25, 0.3) is 0 Å². The van der Waals surface area contributed by atoms with E-state index in [0.717, 1.165) is 0 Å². The zero-order chi connectivity index (χ0) is 30.7. The van der Waals surface area contributed by atoms with Gasteiger partial charge in [-0.3, -0.25) is 4.79 Å². The number of fused-ring (bicyclic) bond motifs is 2. The van der Waals surface area contributed by atoms with Crippen molar-refractivity contribution in [2.75, 3.05) is 48.1 Å². The normalized spacial score (nSPS) is 52.3. The third kappa shape index (κ3) is 3.32. The average molecular weight is 602 g/mol. The Balaban J connectivity index is 1.48. The van der Waals surface area contributed by atoms with Crippen molar-refractivity contribution in [2.45, 2.75) is 61.9 Å². The zero-order valence-corrected chi connectivity index (χ0v) is 25.4. The lowest BCUT2D eigenvalue weighted by molar-refractivity contribution is -0.933. The molecule has 43 heavy (non-hydrogen) atoms. The lowest BCUT2D eigenvalue weighted by Gasteiger charge is -2.72. The van der Waals surface area contributed by atoms with E-state index in [9.17, 15) is 19.8 Å². The number of hydrogen-bond acceptors (Lipinski definition) is 10. The van der Waals surface area contributed by atoms with Gasteiger partial charge in [0.2, 0.25) is 0 Å². The molecule has 11 nitrogen and oxygen atoms in total. The van der Waals surface area contributed by atoms with Gasteiger partial charge in [-0.15, -0.1) is 0 Å². The van der Waals surface area contributed by atoms with Gasteiger partial charge in [-0.1, -0.05) is 18.2 Å². The molecule has 11 heteroatoms. The number of ether oxygens (including phenoxy) is 5. The van der Waals surface area contributed by atoms with Crippen LogP contribution in [-0.2, 0) is 28.5 Å². The average Bonchev–Trinajstić information content (AvgIpc) is 3.37. The van der Waals surface area contributed by atoms with Crippen molar-refractivity contribution in [2.24, 2.45) is 40.4 Å². The number of likely N-dealkylation sites (tertiary alicyclic amines) is 1. The number of methoxy groups -OCH3 is 4. The number of Topliss-reactive ketones (excluding diaryl/α,β-unsaturated/α-hetero) is 1. The van der Waals surface area contributed by atoms with Crippen molar-refractivity contribution < 1.29 is 48.1 Å². The van der Waals surface area contributed by atoms with Crippen molar-refractivity contribution in [1.82, 2.24) is 0 Å². The van der Waals surface area contributed by atoms with E-state index in [1.165, 1.54) is 7.11 Å². The van der Waals surface area contributed by atoms with E-state index in [1.54, 1.807) is 51.7 Å². The molecule has 15 atom stereocenters. The summed E-state index contributed by atoms with van der Waals surface area (Å²) in [6, 6.07) is 7.99. The minimum Gasteiger partial charge on any atom is -0.633 e. The molecule has 1 spiro atoms. The summed E-state index contributed by atoms with van der Waals surface area (Å²) >= 11 is 0. The van der Waals surface area contributed by atoms with Crippen LogP contribution in [0.25, 0.3) is 0 Å². The lowest BCUT2D eigenvalue weighted by Crippen LogP contribution is -2.81. The highest BCUT2D eigenvalue weighted by molar-refractivity contribution is 5.92. The number of aliphatic hydroxyl groups excluding tert-OH is 1. The molecular weight excluding hydrogens is 558 g/mol. The number of carbonyl (C=O) groups excluding carboxylic acids is 2. The molecule has 1 aliphatic heterocycles. The van der Waals surface area contributed by atoms with Crippen LogP contribution < -0.4 is 0 Å². The number of aliphatic hydroxyl groups is 2. The summed E-state index contributed by atoms with van der Waals surface area (Å²) in [5.41, 5.74) is -3.32. The fraction of sp³-hybridized carbons (Fsp3) is 0.750. The highest BCUT2D eigenvalue weighted by Crippen LogP contribution is 2.79. The molecule has 7 bridgehead atoms. The first-order chi connectivity index (χ1) is 20.5. The van der Waals surface area contributed by atoms with Crippen molar-refractivity contribution in [3.05, 3.63) is 41.1 Å². The Bertz CT molecular complexity index is 1300. The topological polar surface area (TPSA) is 144 Å². The second-order valence-electron chi connectivity index (χ2n) is 13.9. The lowest BCUT2D eigenvalue weighted by atomic mass is 9.43. The van der Waals surface area contributed by atoms with Crippen LogP contribution in [0.1, 0.15) is 30.1 Å². The molecule has 0 radical (unpaired) electrons. The summed E-state index contributed by atoms with van der Waals surface area (Å²) in [6.07, 6.45) is -3.95. The van der Waals surface area contributed by atoms with Crippen LogP contribution in [-0.4, -0.2) is 117 Å². The first-order valence-electron chi connectivity index (χ1n) is 15.4. The van der Waals surface area contributed by atoms with E-state index in [4.69, 9.17) is 23.7 Å². The molecule has 1 saturated heterocycles. The Labute approximate surface area is 251 Å². The van der Waals surface area contributed by atoms with Crippen LogP contribution in [0.2, 0.25) is 0 Å². The van der Waals surface area contributed by atoms with Crippen LogP contribution in [0.3, 0.4) is 0 Å². The standard InChI is InChI=1S/C32H43NO10/c1-6-33(38)14-30(15-39-2)18(34)12-19(40-3)32-17-13-31(37)27(43-29(36)16-10-8-7-9-11-16)20(17)21(23(35)28(31)42-5)22(26(32)33)24(41-4)25(30)32/h7-11,17-22,24-28,34,37H,6,12-15H2,1-5H3/t17-,18?,19+,20+,21+,22+,24+,25-,26-,27-,28-,30+,31+,32+,33?/m1/s1. The Morgan fingerprint density at radius 1 is 1.09 bits per heavy atom. The number of esters is 1. The maximum absolute atomic E-state index is 15.3. The maximum atomic E-state index is 15.3. The van der Waals surface area contributed by atoms with Crippen LogP contribution in [0.5, 0.6) is 0 Å².